The van der Waals surface area contributed by atoms with Gasteiger partial charge in [-0.25, -0.2) is 0 Å². The molecule has 145 heavy (non-hydrogen) atoms. The Labute approximate surface area is 854 Å². The topological polar surface area (TPSA) is 60.1 Å². The fraction of sp³-hybridized carbons (Fsp3) is 0.0429. The van der Waals surface area contributed by atoms with Crippen molar-refractivity contribution in [3.63, 3.8) is 0 Å². The minimum absolute atomic E-state index is 0.0559. The number of rotatable bonds is 19. The summed E-state index contributed by atoms with van der Waals surface area (Å²) in [5, 5.41) is 22.5. The molecule has 5 nitrogen and oxygen atoms in total. The third kappa shape index (κ3) is 24.4. The van der Waals surface area contributed by atoms with E-state index in [0.717, 1.165) is 69.7 Å². The molecule has 700 valence electrons. The second-order valence-electron chi connectivity index (χ2n) is 36.7. The zero-order valence-electron chi connectivity index (χ0n) is 81.6. The van der Waals surface area contributed by atoms with Gasteiger partial charge in [-0.2, -0.15) is 0 Å². The lowest BCUT2D eigenvalue weighted by Gasteiger charge is -2.34. The summed E-state index contributed by atoms with van der Waals surface area (Å²) in [7, 11) is 0. The number of hydrogen-bond donors (Lipinski definition) is 5. The molecule has 2 aliphatic carbocycles. The van der Waals surface area contributed by atoms with Gasteiger partial charge in [-0.3, -0.25) is 0 Å². The highest BCUT2D eigenvalue weighted by molar-refractivity contribution is 5.96. The molecule has 0 saturated heterocycles. The molecule has 23 aromatic rings. The molecule has 25 rings (SSSR count). The van der Waals surface area contributed by atoms with E-state index >= 15 is 0 Å². The van der Waals surface area contributed by atoms with E-state index in [0.29, 0.717) is 0 Å². The van der Waals surface area contributed by atoms with E-state index in [4.69, 9.17) is 0 Å². The van der Waals surface area contributed by atoms with Gasteiger partial charge < -0.3 is 26.6 Å². The van der Waals surface area contributed by atoms with Gasteiger partial charge in [0.15, 0.2) is 0 Å². The van der Waals surface area contributed by atoms with Gasteiger partial charge in [0.05, 0.1) is 5.41 Å². The SMILES string of the molecule is CC1(C)c2ccccc2-c2ccc(Nc3ccccc3)cc21.c1ccc(-c2ccc(Nc3ccc(-c4ccccc4)cc3)cc2)cc1.c1ccc(Cc2ccc3ccccc3c2)cc1.c1ccc(Cc2ccccc2)cc1.c1ccc(Nc2ccc(-c3ccccc3)cc2)cc1.c1ccc(Nc2ccc3c(c2)C(c2ccccc2)(c2ccccc2)c2ccccc2-3)cc1.c1ccc(Nc2cccc3ccccc23)cc1. The van der Waals surface area contributed by atoms with Crippen molar-refractivity contribution in [2.45, 2.75) is 37.5 Å². The Morgan fingerprint density at radius 3 is 0.855 bits per heavy atom. The number of nitrogens with one attached hydrogen (secondary N) is 5. The lowest BCUT2D eigenvalue weighted by molar-refractivity contribution is 0.660. The zero-order chi connectivity index (χ0) is 98.3. The van der Waals surface area contributed by atoms with Crippen molar-refractivity contribution in [3.05, 3.63) is 662 Å². The smallest absolute Gasteiger partial charge is 0.0714 e. The van der Waals surface area contributed by atoms with Gasteiger partial charge in [-0.05, 0) is 256 Å². The molecule has 0 spiro atoms. The predicted molar refractivity (Wildman–Crippen MR) is 618 cm³/mol. The predicted octanol–water partition coefficient (Wildman–Crippen LogP) is 37.7. The van der Waals surface area contributed by atoms with Crippen LogP contribution in [0.15, 0.2) is 607 Å². The molecule has 5 heteroatoms. The minimum Gasteiger partial charge on any atom is -0.356 e. The summed E-state index contributed by atoms with van der Waals surface area (Å²) in [6.45, 7) is 4.62. The second-order valence-corrected chi connectivity index (χ2v) is 36.7. The maximum absolute atomic E-state index is 3.60. The average molecular weight is 1870 g/mol. The van der Waals surface area contributed by atoms with Crippen molar-refractivity contribution in [2.75, 3.05) is 26.6 Å². The molecule has 5 N–H and O–H groups in total. The summed E-state index contributed by atoms with van der Waals surface area (Å²) in [4.78, 5) is 0. The van der Waals surface area contributed by atoms with Crippen LogP contribution in [0.1, 0.15) is 69.5 Å². The molecule has 0 atom stereocenters. The summed E-state index contributed by atoms with van der Waals surface area (Å²) in [5.74, 6) is 0. The first-order valence-electron chi connectivity index (χ1n) is 49.8. The third-order valence-corrected chi connectivity index (χ3v) is 26.5. The molecule has 0 bridgehead atoms. The van der Waals surface area contributed by atoms with Gasteiger partial charge in [0, 0.05) is 67.7 Å². The molecule has 0 unspecified atom stereocenters. The number of benzene rings is 23. The van der Waals surface area contributed by atoms with E-state index in [1.807, 2.05) is 66.7 Å². The molecular weight excluding hydrogens is 1750 g/mol. The van der Waals surface area contributed by atoms with Crippen molar-refractivity contribution >= 4 is 78.4 Å². The standard InChI is InChI=1S/C31H23N.C24H19N.C21H19N.C18H15N.C17H14.C16H13N.C13H12/c1-4-12-23(13-5-1)31(24-14-6-2-7-15-24)29-19-11-10-18-27(29)28-21-20-26(22-30(28)31)32-25-16-8-3-9-17-25;1-3-7-19(8-4-1)21-11-15-23(16-12-21)25-24-17-13-22(14-18-24)20-9-5-2-6-10-20;1-21(2)19-11-7-6-10-17(19)18-13-12-16(14-20(18)21)22-15-8-4-3-5-9-15;1-3-7-15(8-4-1)16-11-13-18(14-12-16)19-17-9-5-2-6-10-17;1-2-6-14(7-3-1)12-15-10-11-16-8-4-5-9-17(16)13-15;1-2-9-14(10-3-1)17-16-12-6-8-13-7-4-5-11-15(13)16;1-3-7-12(8-4-1)11-13-9-5-2-6-10-13/h1-22,32H;1-18,25H;3-14,22H,1-2H3;1-14,19H;1-11,13H,12H2;1-12,17H;1-10H,11H2. The highest BCUT2D eigenvalue weighted by Gasteiger charge is 2.46. The molecule has 0 amide bonds. The van der Waals surface area contributed by atoms with Gasteiger partial charge >= 0.3 is 0 Å². The lowest BCUT2D eigenvalue weighted by Crippen LogP contribution is -2.28. The number of hydrogen-bond acceptors (Lipinski definition) is 5. The Bertz CT molecular complexity index is 7820. The van der Waals surface area contributed by atoms with Crippen LogP contribution in [0.2, 0.25) is 0 Å². The number of fused-ring (bicyclic) bond motifs is 8. The Morgan fingerprint density at radius 2 is 0.434 bits per heavy atom. The number of para-hydroxylation sites is 4. The summed E-state index contributed by atoms with van der Waals surface area (Å²) < 4.78 is 0. The van der Waals surface area contributed by atoms with Crippen LogP contribution in [-0.2, 0) is 23.7 Å². The molecule has 0 heterocycles. The van der Waals surface area contributed by atoms with Crippen molar-refractivity contribution in [1.29, 1.82) is 0 Å². The Balaban J connectivity index is 0.000000109. The lowest BCUT2D eigenvalue weighted by atomic mass is 9.67. The van der Waals surface area contributed by atoms with Crippen LogP contribution in [0, 0.1) is 0 Å². The Kier molecular flexibility index (Phi) is 31.3. The molecule has 0 radical (unpaired) electrons. The summed E-state index contributed by atoms with van der Waals surface area (Å²) >= 11 is 0. The van der Waals surface area contributed by atoms with Crippen LogP contribution in [0.4, 0.5) is 56.9 Å². The van der Waals surface area contributed by atoms with Crippen molar-refractivity contribution in [1.82, 2.24) is 0 Å². The third-order valence-electron chi connectivity index (χ3n) is 26.5. The molecule has 0 fully saturated rings. The fourth-order valence-electron chi connectivity index (χ4n) is 19.3. The minimum atomic E-state index is -0.358. The zero-order valence-corrected chi connectivity index (χ0v) is 81.6. The highest BCUT2D eigenvalue weighted by Crippen LogP contribution is 2.57. The van der Waals surface area contributed by atoms with Crippen LogP contribution in [0.25, 0.3) is 77.2 Å². The van der Waals surface area contributed by atoms with Crippen molar-refractivity contribution in [2.24, 2.45) is 0 Å². The van der Waals surface area contributed by atoms with Gasteiger partial charge in [-0.1, -0.05) is 505 Å². The van der Waals surface area contributed by atoms with Gasteiger partial charge in [-0.15, -0.1) is 0 Å². The Morgan fingerprint density at radius 1 is 0.159 bits per heavy atom. The van der Waals surface area contributed by atoms with Crippen LogP contribution in [-0.4, -0.2) is 0 Å². The van der Waals surface area contributed by atoms with Crippen LogP contribution in [0.5, 0.6) is 0 Å². The maximum atomic E-state index is 3.60. The van der Waals surface area contributed by atoms with Crippen molar-refractivity contribution in [3.8, 4) is 55.6 Å². The van der Waals surface area contributed by atoms with E-state index in [1.54, 1.807) is 0 Å². The summed E-state index contributed by atoms with van der Waals surface area (Å²) in [6, 6.07) is 212. The summed E-state index contributed by atoms with van der Waals surface area (Å²) in [5.41, 5.74) is 37.1. The summed E-state index contributed by atoms with van der Waals surface area (Å²) in [6.07, 6.45) is 2.04. The molecule has 0 saturated carbocycles. The first kappa shape index (κ1) is 95.5. The average Bonchev–Trinajstić information content (AvgIpc) is 1.54. The molecule has 23 aromatic carbocycles. The van der Waals surface area contributed by atoms with Crippen molar-refractivity contribution < 1.29 is 0 Å². The maximum Gasteiger partial charge on any atom is 0.0714 e. The van der Waals surface area contributed by atoms with E-state index in [-0.39, 0.29) is 10.8 Å². The monoisotopic (exact) mass is 1870 g/mol. The quantitative estimate of drug-likeness (QED) is 0.0559. The van der Waals surface area contributed by atoms with Gasteiger partial charge in [0.25, 0.3) is 0 Å². The highest BCUT2D eigenvalue weighted by atomic mass is 14.9. The largest absolute Gasteiger partial charge is 0.356 e. The normalized spacial score (nSPS) is 11.5. The van der Waals surface area contributed by atoms with E-state index < -0.39 is 0 Å². The molecule has 0 aliphatic heterocycles. The van der Waals surface area contributed by atoms with E-state index in [9.17, 15) is 0 Å². The van der Waals surface area contributed by atoms with E-state index in [2.05, 4.69) is 580 Å². The molecule has 0 aromatic heterocycles. The first-order valence-corrected chi connectivity index (χ1v) is 49.8. The van der Waals surface area contributed by atoms with Crippen LogP contribution >= 0.6 is 0 Å². The van der Waals surface area contributed by atoms with Gasteiger partial charge in [0.1, 0.15) is 0 Å². The fourth-order valence-corrected chi connectivity index (χ4v) is 19.3. The van der Waals surface area contributed by atoms with Crippen LogP contribution < -0.4 is 26.6 Å². The molecular formula is C140H115N5. The number of anilines is 10. The first-order chi connectivity index (χ1) is 71.6. The second kappa shape index (κ2) is 47.5. The van der Waals surface area contributed by atoms with Gasteiger partial charge in [0.2, 0.25) is 0 Å². The van der Waals surface area contributed by atoms with E-state index in [1.165, 1.54) is 133 Å². The Hall–Kier alpha value is -18.4. The van der Waals surface area contributed by atoms with Crippen LogP contribution in [0.3, 0.4) is 0 Å². The molecule has 2 aliphatic rings.